The molecule has 1 fully saturated rings. The summed E-state index contributed by atoms with van der Waals surface area (Å²) in [6, 6.07) is 0. The summed E-state index contributed by atoms with van der Waals surface area (Å²) in [5.74, 6) is -1.80. The van der Waals surface area contributed by atoms with Crippen molar-refractivity contribution in [3.8, 4) is 0 Å². The summed E-state index contributed by atoms with van der Waals surface area (Å²) in [7, 11) is -2.16. The van der Waals surface area contributed by atoms with Crippen molar-refractivity contribution in [1.29, 1.82) is 0 Å². The van der Waals surface area contributed by atoms with Gasteiger partial charge in [0.05, 0.1) is 7.11 Å². The van der Waals surface area contributed by atoms with Gasteiger partial charge in [-0.25, -0.2) is 18.0 Å². The van der Waals surface area contributed by atoms with Gasteiger partial charge in [0.25, 0.3) is 5.67 Å². The van der Waals surface area contributed by atoms with Crippen molar-refractivity contribution in [2.75, 3.05) is 7.11 Å². The summed E-state index contributed by atoms with van der Waals surface area (Å²) >= 11 is 0. The highest BCUT2D eigenvalue weighted by Crippen LogP contribution is 2.58. The van der Waals surface area contributed by atoms with Gasteiger partial charge in [-0.2, -0.15) is 0 Å². The lowest BCUT2D eigenvalue weighted by Gasteiger charge is -2.06. The van der Waals surface area contributed by atoms with Crippen LogP contribution in [0.5, 0.6) is 0 Å². The Bertz CT molecular complexity index is 250. The lowest BCUT2D eigenvalue weighted by molar-refractivity contribution is -0.150. The first kappa shape index (κ1) is 10.3. The highest BCUT2D eigenvalue weighted by molar-refractivity contribution is 6.49. The monoisotopic (exact) mass is 198 g/mol. The largest absolute Gasteiger partial charge is 0.499 e. The molecular weight excluding hydrogens is 192 g/mol. The lowest BCUT2D eigenvalue weighted by Crippen LogP contribution is -2.40. The second kappa shape index (κ2) is 2.61. The molecule has 1 unspecified atom stereocenters. The molecule has 1 aliphatic carbocycles. The molecule has 1 saturated carbocycles. The van der Waals surface area contributed by atoms with Crippen LogP contribution in [0.25, 0.3) is 0 Å². The molecule has 0 radical (unpaired) electrons. The van der Waals surface area contributed by atoms with Crippen LogP contribution < -0.4 is 0 Å². The van der Waals surface area contributed by atoms with Crippen LogP contribution in [0.15, 0.2) is 0 Å². The zero-order valence-electron chi connectivity index (χ0n) is 6.50. The zero-order valence-corrected chi connectivity index (χ0v) is 6.50. The van der Waals surface area contributed by atoms with Gasteiger partial charge in [-0.3, -0.25) is 0 Å². The molecule has 0 saturated heterocycles. The molecule has 8 heteroatoms. The summed E-state index contributed by atoms with van der Waals surface area (Å²) < 4.78 is 42.3. The van der Waals surface area contributed by atoms with Crippen LogP contribution in [0.2, 0.25) is 0 Å². The molecule has 1 aliphatic rings. The Hall–Kier alpha value is -0.755. The van der Waals surface area contributed by atoms with E-state index in [4.69, 9.17) is 10.0 Å². The number of halogens is 3. The van der Waals surface area contributed by atoms with Crippen LogP contribution in [0.1, 0.15) is 0 Å². The second-order valence-corrected chi connectivity index (χ2v) is 2.71. The van der Waals surface area contributed by atoms with Crippen LogP contribution in [0.4, 0.5) is 13.2 Å². The molecule has 0 aliphatic heterocycles. The van der Waals surface area contributed by atoms with Gasteiger partial charge in [-0.05, 0) is 0 Å². The van der Waals surface area contributed by atoms with E-state index in [2.05, 4.69) is 4.74 Å². The van der Waals surface area contributed by atoms with Crippen molar-refractivity contribution in [2.24, 2.45) is 0 Å². The Kier molecular flexibility index (Phi) is 2.08. The highest BCUT2D eigenvalue weighted by atomic mass is 19.2. The zero-order chi connectivity index (χ0) is 10.4. The van der Waals surface area contributed by atoms with E-state index in [1.54, 1.807) is 0 Å². The van der Waals surface area contributed by atoms with Gasteiger partial charge in [0.1, 0.15) is 0 Å². The van der Waals surface area contributed by atoms with E-state index in [1.807, 2.05) is 0 Å². The number of methoxy groups -OCH3 is 1. The van der Waals surface area contributed by atoms with Gasteiger partial charge in [-0.15, -0.1) is 0 Å². The molecule has 2 N–H and O–H groups in total. The summed E-state index contributed by atoms with van der Waals surface area (Å²) in [5, 5.41) is 16.6. The molecule has 3 atom stereocenters. The molecular formula is C5H6BF3O4. The van der Waals surface area contributed by atoms with Gasteiger partial charge in [-0.1, -0.05) is 0 Å². The van der Waals surface area contributed by atoms with Gasteiger partial charge in [0.15, 0.2) is 6.17 Å². The van der Waals surface area contributed by atoms with Crippen molar-refractivity contribution in [2.45, 2.75) is 17.4 Å². The minimum atomic E-state index is -3.61. The number of rotatable bonds is 2. The van der Waals surface area contributed by atoms with Crippen molar-refractivity contribution in [3.63, 3.8) is 0 Å². The second-order valence-electron chi connectivity index (χ2n) is 2.71. The van der Waals surface area contributed by atoms with E-state index in [9.17, 15) is 18.0 Å². The third-order valence-electron chi connectivity index (χ3n) is 2.05. The quantitative estimate of drug-likeness (QED) is 0.438. The molecule has 0 aromatic heterocycles. The minimum Gasteiger partial charge on any atom is -0.466 e. The molecule has 74 valence electrons. The van der Waals surface area contributed by atoms with Gasteiger partial charge in [0, 0.05) is 0 Å². The number of hydrogen-bond donors (Lipinski definition) is 2. The fourth-order valence-corrected chi connectivity index (χ4v) is 1.11. The van der Waals surface area contributed by atoms with E-state index < -0.39 is 30.5 Å². The summed E-state index contributed by atoms with van der Waals surface area (Å²) in [5.41, 5.74) is -7.21. The van der Waals surface area contributed by atoms with Crippen molar-refractivity contribution in [1.82, 2.24) is 0 Å². The highest BCUT2D eigenvalue weighted by Gasteiger charge is 2.92. The van der Waals surface area contributed by atoms with E-state index in [0.717, 1.165) is 7.11 Å². The molecule has 13 heavy (non-hydrogen) atoms. The van der Waals surface area contributed by atoms with E-state index in [1.165, 1.54) is 0 Å². The average Bonchev–Trinajstić information content (AvgIpc) is 2.53. The number of esters is 1. The van der Waals surface area contributed by atoms with Crippen molar-refractivity contribution in [3.05, 3.63) is 0 Å². The number of alkyl halides is 3. The fourth-order valence-electron chi connectivity index (χ4n) is 1.11. The molecule has 4 nitrogen and oxygen atoms in total. The lowest BCUT2D eigenvalue weighted by atomic mass is 9.78. The number of carbonyl (C=O) groups is 1. The summed E-state index contributed by atoms with van der Waals surface area (Å²) in [4.78, 5) is 10.5. The summed E-state index contributed by atoms with van der Waals surface area (Å²) in [6.45, 7) is 0. The van der Waals surface area contributed by atoms with Gasteiger partial charge < -0.3 is 14.8 Å². The van der Waals surface area contributed by atoms with Crippen molar-refractivity contribution >= 4 is 13.1 Å². The van der Waals surface area contributed by atoms with E-state index in [-0.39, 0.29) is 0 Å². The Morgan fingerprint density at radius 3 is 2.23 bits per heavy atom. The predicted octanol–water partition coefficient (Wildman–Crippen LogP) is -1.06. The summed E-state index contributed by atoms with van der Waals surface area (Å²) in [6.07, 6.45) is -2.91. The maximum Gasteiger partial charge on any atom is 0.499 e. The smallest absolute Gasteiger partial charge is 0.466 e. The molecule has 0 heterocycles. The Morgan fingerprint density at radius 2 is 2.00 bits per heavy atom. The third kappa shape index (κ3) is 0.924. The molecule has 1 rings (SSSR count). The standard InChI is InChI=1S/C5H6BF3O4/c1-13-3(10)4(8)2(7)5(4,9)6(11)12/h2,11-12H,1H3/t2?,4-,5+/m1/s1. The Labute approximate surface area is 71.4 Å². The van der Waals surface area contributed by atoms with Gasteiger partial charge >= 0.3 is 13.1 Å². The van der Waals surface area contributed by atoms with Crippen LogP contribution in [-0.4, -0.2) is 47.7 Å². The Morgan fingerprint density at radius 1 is 1.54 bits per heavy atom. The first-order valence-corrected chi connectivity index (χ1v) is 3.30. The fraction of sp³-hybridized carbons (Fsp3) is 0.800. The first-order valence-electron chi connectivity index (χ1n) is 3.30. The Balaban J connectivity index is 2.93. The number of ether oxygens (including phenoxy) is 1. The molecule has 0 amide bonds. The van der Waals surface area contributed by atoms with Crippen molar-refractivity contribution < 1.29 is 32.8 Å². The first-order chi connectivity index (χ1) is 5.83. The maximum atomic E-state index is 13.0. The molecule has 0 spiro atoms. The number of carbonyl (C=O) groups excluding carboxylic acids is 1. The van der Waals surface area contributed by atoms with E-state index >= 15 is 0 Å². The topological polar surface area (TPSA) is 66.8 Å². The SMILES string of the molecule is COC(=O)[C@]1(F)C(F)[C@@]1(F)B(O)O. The third-order valence-corrected chi connectivity index (χ3v) is 2.05. The average molecular weight is 198 g/mol. The number of hydrogen-bond acceptors (Lipinski definition) is 4. The molecule has 0 bridgehead atoms. The minimum absolute atomic E-state index is 0.735. The predicted molar refractivity (Wildman–Crippen MR) is 34.8 cm³/mol. The van der Waals surface area contributed by atoms with Crippen LogP contribution in [0, 0.1) is 0 Å². The van der Waals surface area contributed by atoms with Gasteiger partial charge in [0.2, 0.25) is 5.57 Å². The van der Waals surface area contributed by atoms with Crippen LogP contribution >= 0.6 is 0 Å². The maximum absolute atomic E-state index is 13.0. The van der Waals surface area contributed by atoms with Crippen LogP contribution in [-0.2, 0) is 9.53 Å². The molecule has 0 aromatic carbocycles. The van der Waals surface area contributed by atoms with E-state index in [0.29, 0.717) is 0 Å². The molecule has 0 aromatic rings. The van der Waals surface area contributed by atoms with Crippen LogP contribution in [0.3, 0.4) is 0 Å². The normalized spacial score (nSPS) is 42.8.